The van der Waals surface area contributed by atoms with Crippen LogP contribution in [-0.2, 0) is 13.0 Å². The Morgan fingerprint density at radius 2 is 1.88 bits per heavy atom. The molecule has 0 radical (unpaired) electrons. The van der Waals surface area contributed by atoms with Crippen LogP contribution in [0.1, 0.15) is 33.6 Å². The maximum atomic E-state index is 14.5. The van der Waals surface area contributed by atoms with Crippen LogP contribution in [0.25, 0.3) is 0 Å². The Hall–Kier alpha value is -2.77. The summed E-state index contributed by atoms with van der Waals surface area (Å²) in [6.45, 7) is 2.43. The lowest BCUT2D eigenvalue weighted by Crippen LogP contribution is -2.47. The number of likely N-dealkylation sites (tertiary alicyclic amines) is 1. The van der Waals surface area contributed by atoms with Gasteiger partial charge in [0.1, 0.15) is 5.82 Å². The molecule has 0 aliphatic carbocycles. The number of likely N-dealkylation sites (N-methyl/N-ethyl adjacent to an activating group) is 1. The molecule has 0 bridgehead atoms. The fourth-order valence-corrected chi connectivity index (χ4v) is 5.50. The van der Waals surface area contributed by atoms with Crippen LogP contribution in [0.3, 0.4) is 0 Å². The van der Waals surface area contributed by atoms with E-state index in [2.05, 4.69) is 4.90 Å². The number of hydrogen-bond donors (Lipinski definition) is 0. The van der Waals surface area contributed by atoms with Crippen LogP contribution < -0.4 is 4.74 Å². The number of hydrogen-bond acceptors (Lipinski definition) is 4. The van der Waals surface area contributed by atoms with E-state index in [0.717, 1.165) is 31.5 Å². The first-order valence-corrected chi connectivity index (χ1v) is 12.4. The van der Waals surface area contributed by atoms with E-state index in [1.165, 1.54) is 30.6 Å². The first-order valence-electron chi connectivity index (χ1n) is 11.5. The maximum absolute atomic E-state index is 14.5. The second-order valence-corrected chi connectivity index (χ2v) is 9.79. The van der Waals surface area contributed by atoms with Crippen molar-refractivity contribution in [1.29, 1.82) is 0 Å². The molecule has 0 spiro atoms. The number of amides is 1. The summed E-state index contributed by atoms with van der Waals surface area (Å²) in [4.78, 5) is 18.0. The van der Waals surface area contributed by atoms with Crippen molar-refractivity contribution in [3.05, 3.63) is 87.6 Å². The average molecular weight is 485 g/mol. The SMILES string of the molecule is COc1cc(CN2CCC([C@H](Cc3ccccc3F)N(C)C(=O)c3cccs3)CC2)ccc1F. The lowest BCUT2D eigenvalue weighted by atomic mass is 9.84. The Morgan fingerprint density at radius 3 is 2.56 bits per heavy atom. The molecule has 1 fully saturated rings. The van der Waals surface area contributed by atoms with Gasteiger partial charge in [-0.25, -0.2) is 8.78 Å². The van der Waals surface area contributed by atoms with E-state index in [1.807, 2.05) is 41.6 Å². The molecule has 1 aliphatic rings. The van der Waals surface area contributed by atoms with E-state index in [-0.39, 0.29) is 35.3 Å². The number of thiophene rings is 1. The summed E-state index contributed by atoms with van der Waals surface area (Å²) < 4.78 is 33.4. The van der Waals surface area contributed by atoms with Gasteiger partial charge in [0, 0.05) is 19.6 Å². The first kappa shape index (κ1) is 24.4. The molecule has 4 rings (SSSR count). The van der Waals surface area contributed by atoms with Crippen molar-refractivity contribution in [1.82, 2.24) is 9.80 Å². The molecule has 2 heterocycles. The molecule has 4 nitrogen and oxygen atoms in total. The number of nitrogens with zero attached hydrogens (tertiary/aromatic N) is 2. The van der Waals surface area contributed by atoms with E-state index in [9.17, 15) is 13.6 Å². The van der Waals surface area contributed by atoms with Gasteiger partial charge in [-0.05, 0) is 79.0 Å². The quantitative estimate of drug-likeness (QED) is 0.415. The van der Waals surface area contributed by atoms with Gasteiger partial charge in [0.05, 0.1) is 12.0 Å². The van der Waals surface area contributed by atoms with Gasteiger partial charge in [0.2, 0.25) is 0 Å². The molecular weight excluding hydrogens is 454 g/mol. The van der Waals surface area contributed by atoms with Gasteiger partial charge in [-0.2, -0.15) is 0 Å². The Balaban J connectivity index is 1.46. The molecule has 2 aromatic carbocycles. The molecular formula is C27H30F2N2O2S. The van der Waals surface area contributed by atoms with Crippen LogP contribution in [-0.4, -0.2) is 49.0 Å². The van der Waals surface area contributed by atoms with Crippen LogP contribution >= 0.6 is 11.3 Å². The van der Waals surface area contributed by atoms with Crippen molar-refractivity contribution in [2.24, 2.45) is 5.92 Å². The molecule has 1 aliphatic heterocycles. The number of piperidine rings is 1. The van der Waals surface area contributed by atoms with Crippen molar-refractivity contribution >= 4 is 17.2 Å². The normalized spacial score (nSPS) is 15.8. The largest absolute Gasteiger partial charge is 0.494 e. The fraction of sp³-hybridized carbons (Fsp3) is 0.370. The highest BCUT2D eigenvalue weighted by atomic mass is 32.1. The number of benzene rings is 2. The predicted molar refractivity (Wildman–Crippen MR) is 131 cm³/mol. The van der Waals surface area contributed by atoms with Crippen LogP contribution in [0.15, 0.2) is 60.0 Å². The van der Waals surface area contributed by atoms with Crippen molar-refractivity contribution in [3.63, 3.8) is 0 Å². The molecule has 0 saturated carbocycles. The Morgan fingerprint density at radius 1 is 1.12 bits per heavy atom. The molecule has 1 saturated heterocycles. The van der Waals surface area contributed by atoms with Crippen molar-refractivity contribution in [2.45, 2.75) is 31.8 Å². The molecule has 1 atom stereocenters. The fourth-order valence-electron chi connectivity index (χ4n) is 4.79. The minimum Gasteiger partial charge on any atom is -0.494 e. The molecule has 1 aromatic heterocycles. The number of rotatable bonds is 8. The predicted octanol–water partition coefficient (Wildman–Crippen LogP) is 5.63. The zero-order valence-corrected chi connectivity index (χ0v) is 20.4. The smallest absolute Gasteiger partial charge is 0.263 e. The Labute approximate surface area is 203 Å². The van der Waals surface area contributed by atoms with Crippen molar-refractivity contribution in [3.8, 4) is 5.75 Å². The topological polar surface area (TPSA) is 32.8 Å². The molecule has 0 N–H and O–H groups in total. The maximum Gasteiger partial charge on any atom is 0.263 e. The molecule has 180 valence electrons. The summed E-state index contributed by atoms with van der Waals surface area (Å²) in [6.07, 6.45) is 2.29. The number of carbonyl (C=O) groups is 1. The first-order chi connectivity index (χ1) is 16.5. The summed E-state index contributed by atoms with van der Waals surface area (Å²) >= 11 is 1.43. The minimum absolute atomic E-state index is 0.0165. The standard InChI is InChI=1S/C27H30F2N2O2S/c1-30(27(32)26-8-5-15-34-26)24(17-21-6-3-4-7-22(21)28)20-11-13-31(14-12-20)18-19-9-10-23(29)25(16-19)33-2/h3-10,15-16,20,24H,11-14,17-18H2,1-2H3/t24-/m0/s1. The Kier molecular flexibility index (Phi) is 7.95. The van der Waals surface area contributed by atoms with Gasteiger partial charge in [-0.3, -0.25) is 9.69 Å². The van der Waals surface area contributed by atoms with Crippen LogP contribution in [0.2, 0.25) is 0 Å². The monoisotopic (exact) mass is 484 g/mol. The molecule has 34 heavy (non-hydrogen) atoms. The third kappa shape index (κ3) is 5.65. The molecule has 0 unspecified atom stereocenters. The lowest BCUT2D eigenvalue weighted by Gasteiger charge is -2.40. The van der Waals surface area contributed by atoms with Crippen LogP contribution in [0.5, 0.6) is 5.75 Å². The number of carbonyl (C=O) groups excluding carboxylic acids is 1. The number of ether oxygens (including phenoxy) is 1. The second-order valence-electron chi connectivity index (χ2n) is 8.84. The zero-order valence-electron chi connectivity index (χ0n) is 19.5. The summed E-state index contributed by atoms with van der Waals surface area (Å²) in [5, 5.41) is 1.90. The summed E-state index contributed by atoms with van der Waals surface area (Å²) in [7, 11) is 3.31. The average Bonchev–Trinajstić information content (AvgIpc) is 3.39. The molecule has 7 heteroatoms. The number of methoxy groups -OCH3 is 1. The summed E-state index contributed by atoms with van der Waals surface area (Å²) in [5.74, 6) is -0.0951. The van der Waals surface area contributed by atoms with Crippen LogP contribution in [0.4, 0.5) is 8.78 Å². The molecule has 3 aromatic rings. The summed E-state index contributed by atoms with van der Waals surface area (Å²) in [5.41, 5.74) is 1.64. The lowest BCUT2D eigenvalue weighted by molar-refractivity contribution is 0.0588. The molecule has 1 amide bonds. The third-order valence-corrected chi connectivity index (χ3v) is 7.59. The van der Waals surface area contributed by atoms with E-state index in [0.29, 0.717) is 23.4 Å². The van der Waals surface area contributed by atoms with Crippen molar-refractivity contribution in [2.75, 3.05) is 27.2 Å². The highest BCUT2D eigenvalue weighted by Gasteiger charge is 2.32. The van der Waals surface area contributed by atoms with Gasteiger partial charge >= 0.3 is 0 Å². The summed E-state index contributed by atoms with van der Waals surface area (Å²) in [6, 6.07) is 15.4. The zero-order chi connectivity index (χ0) is 24.1. The van der Waals surface area contributed by atoms with Gasteiger partial charge in [0.15, 0.2) is 11.6 Å². The van der Waals surface area contributed by atoms with E-state index in [1.54, 1.807) is 18.2 Å². The van der Waals surface area contributed by atoms with Gasteiger partial charge in [0.25, 0.3) is 5.91 Å². The highest BCUT2D eigenvalue weighted by molar-refractivity contribution is 7.12. The van der Waals surface area contributed by atoms with Gasteiger partial charge in [-0.1, -0.05) is 30.3 Å². The van der Waals surface area contributed by atoms with Gasteiger partial charge in [-0.15, -0.1) is 11.3 Å². The van der Waals surface area contributed by atoms with E-state index in [4.69, 9.17) is 4.74 Å². The third-order valence-electron chi connectivity index (χ3n) is 6.73. The second kappa shape index (κ2) is 11.1. The van der Waals surface area contributed by atoms with Gasteiger partial charge < -0.3 is 9.64 Å². The number of halogens is 2. The minimum atomic E-state index is -0.362. The van der Waals surface area contributed by atoms with E-state index >= 15 is 0 Å². The van der Waals surface area contributed by atoms with Crippen molar-refractivity contribution < 1.29 is 18.3 Å². The van der Waals surface area contributed by atoms with Crippen LogP contribution in [0, 0.1) is 17.6 Å². The highest BCUT2D eigenvalue weighted by Crippen LogP contribution is 2.29. The Bertz CT molecular complexity index is 1100. The van der Waals surface area contributed by atoms with E-state index < -0.39 is 0 Å².